The summed E-state index contributed by atoms with van der Waals surface area (Å²) in [6.07, 6.45) is 1.96. The lowest BCUT2D eigenvalue weighted by molar-refractivity contribution is -0.124. The van der Waals surface area contributed by atoms with Crippen molar-refractivity contribution < 1.29 is 14.4 Å². The van der Waals surface area contributed by atoms with Crippen LogP contribution in [0, 0.1) is 0 Å². The molecule has 150 valence electrons. The molecule has 4 rings (SSSR count). The van der Waals surface area contributed by atoms with E-state index in [1.807, 2.05) is 72.8 Å². The summed E-state index contributed by atoms with van der Waals surface area (Å²) < 4.78 is 0. The highest BCUT2D eigenvalue weighted by atomic mass is 32.2. The molecule has 0 radical (unpaired) electrons. The maximum atomic E-state index is 12.5. The minimum absolute atomic E-state index is 0.141. The molecule has 0 atom stereocenters. The first kappa shape index (κ1) is 19.9. The molecule has 1 aliphatic rings. The van der Waals surface area contributed by atoms with Gasteiger partial charge in [0.2, 0.25) is 5.91 Å². The Balaban J connectivity index is 1.34. The van der Waals surface area contributed by atoms with Gasteiger partial charge in [0.25, 0.3) is 11.1 Å². The Labute approximate surface area is 178 Å². The molecule has 1 heterocycles. The number of nitrogens with one attached hydrogen (secondary N) is 1. The van der Waals surface area contributed by atoms with Crippen LogP contribution in [0.25, 0.3) is 16.8 Å². The number of thioether (sulfide) groups is 1. The molecule has 1 aliphatic heterocycles. The van der Waals surface area contributed by atoms with Gasteiger partial charge in [0.15, 0.2) is 0 Å². The van der Waals surface area contributed by atoms with E-state index in [0.29, 0.717) is 4.91 Å². The lowest BCUT2D eigenvalue weighted by Crippen LogP contribution is -2.37. The Morgan fingerprint density at radius 2 is 1.67 bits per heavy atom. The predicted octanol–water partition coefficient (Wildman–Crippen LogP) is 4.24. The lowest BCUT2D eigenvalue weighted by atomic mass is 10.0. The van der Waals surface area contributed by atoms with Gasteiger partial charge in [-0.2, -0.15) is 0 Å². The minimum Gasteiger partial charge on any atom is -0.354 e. The molecule has 0 bridgehead atoms. The van der Waals surface area contributed by atoms with E-state index < -0.39 is 0 Å². The lowest BCUT2D eigenvalue weighted by Gasteiger charge is -2.13. The first-order valence-corrected chi connectivity index (χ1v) is 10.5. The third-order valence-electron chi connectivity index (χ3n) is 4.86. The van der Waals surface area contributed by atoms with E-state index in [1.165, 1.54) is 4.90 Å². The predicted molar refractivity (Wildman–Crippen MR) is 120 cm³/mol. The topological polar surface area (TPSA) is 66.5 Å². The standard InChI is InChI=1S/C24H20N2O3S/c27-22(16-19-11-6-10-18-9-4-5-12-20(18)19)25-13-14-26-23(28)21(30-24(26)29)15-17-7-2-1-3-8-17/h1-12,15H,13-14,16H2,(H,25,27)/b21-15-. The molecule has 3 aromatic rings. The molecule has 0 unspecified atom stereocenters. The molecule has 1 N–H and O–H groups in total. The second kappa shape index (κ2) is 8.97. The van der Waals surface area contributed by atoms with Gasteiger partial charge in [-0.1, -0.05) is 72.8 Å². The van der Waals surface area contributed by atoms with Crippen molar-refractivity contribution in [3.05, 3.63) is 88.8 Å². The first-order valence-electron chi connectivity index (χ1n) is 9.65. The van der Waals surface area contributed by atoms with Gasteiger partial charge in [-0.25, -0.2) is 0 Å². The molecule has 5 nitrogen and oxygen atoms in total. The Morgan fingerprint density at radius 3 is 2.50 bits per heavy atom. The SMILES string of the molecule is O=C(Cc1cccc2ccccc12)NCCN1C(=O)S/C(=C\c2ccccc2)C1=O. The van der Waals surface area contributed by atoms with Crippen molar-refractivity contribution in [2.75, 3.05) is 13.1 Å². The number of hydrogen-bond acceptors (Lipinski definition) is 4. The molecule has 0 spiro atoms. The van der Waals surface area contributed by atoms with Crippen molar-refractivity contribution in [1.82, 2.24) is 10.2 Å². The molecule has 0 aliphatic carbocycles. The van der Waals surface area contributed by atoms with Gasteiger partial charge in [-0.05, 0) is 39.7 Å². The summed E-state index contributed by atoms with van der Waals surface area (Å²) in [7, 11) is 0. The van der Waals surface area contributed by atoms with Crippen LogP contribution in [0.5, 0.6) is 0 Å². The fourth-order valence-electron chi connectivity index (χ4n) is 3.38. The fourth-order valence-corrected chi connectivity index (χ4v) is 4.25. The maximum absolute atomic E-state index is 12.5. The van der Waals surface area contributed by atoms with Crippen molar-refractivity contribution in [1.29, 1.82) is 0 Å². The molecule has 30 heavy (non-hydrogen) atoms. The summed E-state index contributed by atoms with van der Waals surface area (Å²) in [5, 5.41) is 4.64. The first-order chi connectivity index (χ1) is 14.6. The summed E-state index contributed by atoms with van der Waals surface area (Å²) in [6, 6.07) is 23.2. The van der Waals surface area contributed by atoms with Gasteiger partial charge in [0.1, 0.15) is 0 Å². The van der Waals surface area contributed by atoms with Gasteiger partial charge in [-0.15, -0.1) is 0 Å². The number of nitrogens with zero attached hydrogens (tertiary/aromatic N) is 1. The van der Waals surface area contributed by atoms with Crippen molar-refractivity contribution in [3.63, 3.8) is 0 Å². The van der Waals surface area contributed by atoms with Gasteiger partial charge in [0, 0.05) is 13.1 Å². The number of fused-ring (bicyclic) bond motifs is 1. The second-order valence-electron chi connectivity index (χ2n) is 6.91. The van der Waals surface area contributed by atoms with Crippen LogP contribution in [0.2, 0.25) is 0 Å². The smallest absolute Gasteiger partial charge is 0.293 e. The van der Waals surface area contributed by atoms with Gasteiger partial charge in [0.05, 0.1) is 11.3 Å². The van der Waals surface area contributed by atoms with Crippen molar-refractivity contribution >= 4 is 45.7 Å². The minimum atomic E-state index is -0.322. The maximum Gasteiger partial charge on any atom is 0.293 e. The molecule has 1 fully saturated rings. The molecule has 3 aromatic carbocycles. The Kier molecular flexibility index (Phi) is 5.95. The van der Waals surface area contributed by atoms with Crippen molar-refractivity contribution in [2.24, 2.45) is 0 Å². The quantitative estimate of drug-likeness (QED) is 0.611. The highest BCUT2D eigenvalue weighted by Crippen LogP contribution is 2.31. The van der Waals surface area contributed by atoms with E-state index in [-0.39, 0.29) is 36.6 Å². The van der Waals surface area contributed by atoms with Crippen LogP contribution in [-0.2, 0) is 16.0 Å². The highest BCUT2D eigenvalue weighted by molar-refractivity contribution is 8.18. The van der Waals surface area contributed by atoms with E-state index in [9.17, 15) is 14.4 Å². The number of imide groups is 1. The van der Waals surface area contributed by atoms with Crippen LogP contribution in [0.15, 0.2) is 77.7 Å². The van der Waals surface area contributed by atoms with E-state index in [1.54, 1.807) is 6.08 Å². The average Bonchev–Trinajstić information content (AvgIpc) is 3.02. The number of carbonyl (C=O) groups excluding carboxylic acids is 3. The zero-order valence-corrected chi connectivity index (χ0v) is 17.0. The van der Waals surface area contributed by atoms with Crippen LogP contribution < -0.4 is 5.32 Å². The number of benzene rings is 3. The molecule has 0 aromatic heterocycles. The fraction of sp³-hybridized carbons (Fsp3) is 0.125. The molecule has 3 amide bonds. The number of amides is 3. The average molecular weight is 417 g/mol. The van der Waals surface area contributed by atoms with Crippen LogP contribution in [-0.4, -0.2) is 35.0 Å². The van der Waals surface area contributed by atoms with E-state index >= 15 is 0 Å². The summed E-state index contributed by atoms with van der Waals surface area (Å²) in [5.41, 5.74) is 1.81. The van der Waals surface area contributed by atoms with Crippen LogP contribution >= 0.6 is 11.8 Å². The monoisotopic (exact) mass is 416 g/mol. The largest absolute Gasteiger partial charge is 0.354 e. The van der Waals surface area contributed by atoms with Crippen LogP contribution in [0.4, 0.5) is 4.79 Å². The molecule has 0 saturated carbocycles. The van der Waals surface area contributed by atoms with Crippen LogP contribution in [0.3, 0.4) is 0 Å². The van der Waals surface area contributed by atoms with Gasteiger partial charge >= 0.3 is 0 Å². The summed E-state index contributed by atoms with van der Waals surface area (Å²) >= 11 is 0.925. The number of carbonyl (C=O) groups is 3. The Morgan fingerprint density at radius 1 is 0.933 bits per heavy atom. The third kappa shape index (κ3) is 4.44. The molecular formula is C24H20N2O3S. The summed E-state index contributed by atoms with van der Waals surface area (Å²) in [6.45, 7) is 0.373. The molecular weight excluding hydrogens is 396 g/mol. The zero-order valence-electron chi connectivity index (χ0n) is 16.2. The van der Waals surface area contributed by atoms with Crippen molar-refractivity contribution in [3.8, 4) is 0 Å². The summed E-state index contributed by atoms with van der Waals surface area (Å²) in [5.74, 6) is -0.463. The molecule has 1 saturated heterocycles. The second-order valence-corrected chi connectivity index (χ2v) is 7.90. The molecule has 6 heteroatoms. The van der Waals surface area contributed by atoms with E-state index in [4.69, 9.17) is 0 Å². The third-order valence-corrected chi connectivity index (χ3v) is 5.77. The van der Waals surface area contributed by atoms with Gasteiger partial charge < -0.3 is 5.32 Å². The van der Waals surface area contributed by atoms with E-state index in [2.05, 4.69) is 5.32 Å². The highest BCUT2D eigenvalue weighted by Gasteiger charge is 2.34. The summed E-state index contributed by atoms with van der Waals surface area (Å²) in [4.78, 5) is 38.7. The van der Waals surface area contributed by atoms with Crippen molar-refractivity contribution in [2.45, 2.75) is 6.42 Å². The van der Waals surface area contributed by atoms with E-state index in [0.717, 1.165) is 33.7 Å². The Hall–Kier alpha value is -3.38. The number of hydrogen-bond donors (Lipinski definition) is 1. The van der Waals surface area contributed by atoms with Gasteiger partial charge in [-0.3, -0.25) is 19.3 Å². The Bertz CT molecular complexity index is 1140. The van der Waals surface area contributed by atoms with Crippen LogP contribution in [0.1, 0.15) is 11.1 Å². The zero-order chi connectivity index (χ0) is 20.9. The normalized spacial score (nSPS) is 15.2. The number of rotatable bonds is 6.